The van der Waals surface area contributed by atoms with Crippen molar-refractivity contribution in [3.8, 4) is 0 Å². The van der Waals surface area contributed by atoms with E-state index in [0.717, 1.165) is 11.1 Å². The molecule has 3 fully saturated rings. The van der Waals surface area contributed by atoms with Crippen LogP contribution in [0.1, 0.15) is 78.4 Å². The van der Waals surface area contributed by atoms with Gasteiger partial charge in [0.25, 0.3) is 0 Å². The molecule has 0 aromatic heterocycles. The lowest BCUT2D eigenvalue weighted by molar-refractivity contribution is -0.337. The van der Waals surface area contributed by atoms with E-state index in [1.807, 2.05) is 91.0 Å². The zero-order valence-electron chi connectivity index (χ0n) is 36.9. The summed E-state index contributed by atoms with van der Waals surface area (Å²) in [6, 6.07) is 26.9. The van der Waals surface area contributed by atoms with E-state index in [1.165, 1.54) is 13.8 Å². The first-order valence-electron chi connectivity index (χ1n) is 21.0. The monoisotopic (exact) mass is 874 g/mol. The molecule has 0 aliphatic carbocycles. The third-order valence-corrected chi connectivity index (χ3v) is 10.2. The minimum atomic E-state index is -1.56. The highest BCUT2D eigenvalue weighted by atomic mass is 16.8. The van der Waals surface area contributed by atoms with Crippen molar-refractivity contribution < 1.29 is 66.6 Å². The maximum Gasteiger partial charge on any atom is 0.340 e. The molecular formula is C47H58N2O14. The summed E-state index contributed by atoms with van der Waals surface area (Å²) >= 11 is 0. The quantitative estimate of drug-likeness (QED) is 0.118. The van der Waals surface area contributed by atoms with Crippen molar-refractivity contribution in [1.82, 2.24) is 5.32 Å². The van der Waals surface area contributed by atoms with Gasteiger partial charge in [-0.25, -0.2) is 4.79 Å². The lowest BCUT2D eigenvalue weighted by atomic mass is 9.94. The lowest BCUT2D eigenvalue weighted by Crippen LogP contribution is -2.68. The number of benzene rings is 3. The lowest BCUT2D eigenvalue weighted by Gasteiger charge is -2.49. The highest BCUT2D eigenvalue weighted by molar-refractivity contribution is 5.95. The molecule has 16 nitrogen and oxygen atoms in total. The number of fused-ring (bicyclic) bond motifs is 1. The molecule has 3 saturated heterocycles. The molecule has 0 bridgehead atoms. The zero-order chi connectivity index (χ0) is 45.3. The van der Waals surface area contributed by atoms with Gasteiger partial charge >= 0.3 is 17.9 Å². The van der Waals surface area contributed by atoms with E-state index in [-0.39, 0.29) is 32.1 Å². The predicted octanol–water partition coefficient (Wildman–Crippen LogP) is 5.71. The van der Waals surface area contributed by atoms with Crippen molar-refractivity contribution in [2.24, 2.45) is 16.0 Å². The molecule has 2 unspecified atom stereocenters. The number of nitrogens with one attached hydrogen (secondary N) is 1. The van der Waals surface area contributed by atoms with Gasteiger partial charge in [-0.15, -0.1) is 0 Å². The van der Waals surface area contributed by atoms with Crippen molar-refractivity contribution in [1.29, 1.82) is 0 Å². The summed E-state index contributed by atoms with van der Waals surface area (Å²) in [6.07, 6.45) is -10.4. The molecule has 0 radical (unpaired) electrons. The minimum absolute atomic E-state index is 0.0430. The van der Waals surface area contributed by atoms with Crippen LogP contribution in [0.5, 0.6) is 0 Å². The van der Waals surface area contributed by atoms with Gasteiger partial charge in [0.15, 0.2) is 24.4 Å². The fraction of sp³-hybridized carbons (Fsp3) is 0.511. The summed E-state index contributed by atoms with van der Waals surface area (Å²) in [5.41, 5.74) is 0.183. The van der Waals surface area contributed by atoms with Crippen molar-refractivity contribution in [2.45, 2.75) is 130 Å². The molecule has 6 rings (SSSR count). The van der Waals surface area contributed by atoms with Gasteiger partial charge in [0, 0.05) is 19.4 Å². The molecule has 1 amide bonds. The summed E-state index contributed by atoms with van der Waals surface area (Å²) in [5.74, 6) is -2.34. The number of hydrogen-bond acceptors (Lipinski definition) is 15. The van der Waals surface area contributed by atoms with E-state index in [4.69, 9.17) is 47.5 Å². The third kappa shape index (κ3) is 12.8. The fourth-order valence-electron chi connectivity index (χ4n) is 6.89. The number of hydrogen-bond donors (Lipinski definition) is 1. The Hall–Kier alpha value is -5.07. The van der Waals surface area contributed by atoms with Gasteiger partial charge in [-0.05, 0) is 52.7 Å². The SMILES string of the molecule is CC(=O)N[C@H]1[C@@H](OCc2ccccc2)O[C@H](COC(C)=O)[C@@H](OC2O[C@@H]3COC(c4ccccc4)O[C@H]3[C@H](OC(=O)C(C)(C)C)/C2=N/OC(=O)C(C)(C)C)[C@@H]1OCc1ccccc1. The van der Waals surface area contributed by atoms with E-state index < -0.39 is 96.2 Å². The molecule has 63 heavy (non-hydrogen) atoms. The number of nitrogens with zero attached hydrogens (tertiary/aromatic N) is 1. The maximum absolute atomic E-state index is 13.8. The van der Waals surface area contributed by atoms with Crippen LogP contribution in [0.3, 0.4) is 0 Å². The number of ether oxygens (including phenoxy) is 9. The van der Waals surface area contributed by atoms with Crippen LogP contribution in [0.4, 0.5) is 0 Å². The van der Waals surface area contributed by atoms with E-state index in [0.29, 0.717) is 5.56 Å². The van der Waals surface area contributed by atoms with Crippen LogP contribution >= 0.6 is 0 Å². The number of amides is 1. The summed E-state index contributed by atoms with van der Waals surface area (Å²) in [6.45, 7) is 12.4. The minimum Gasteiger partial charge on any atom is -0.463 e. The van der Waals surface area contributed by atoms with Gasteiger partial charge in [-0.3, -0.25) is 14.4 Å². The first-order valence-corrected chi connectivity index (χ1v) is 21.0. The van der Waals surface area contributed by atoms with E-state index in [2.05, 4.69) is 10.5 Å². The molecule has 10 atom stereocenters. The number of oxime groups is 1. The molecule has 3 aromatic rings. The Labute approximate surface area is 367 Å². The normalized spacial score (nSPS) is 28.0. The molecule has 0 saturated carbocycles. The fourth-order valence-corrected chi connectivity index (χ4v) is 6.89. The molecule has 0 spiro atoms. The van der Waals surface area contributed by atoms with Crippen molar-refractivity contribution >= 4 is 29.5 Å². The largest absolute Gasteiger partial charge is 0.463 e. The van der Waals surface area contributed by atoms with Crippen LogP contribution in [0, 0.1) is 10.8 Å². The van der Waals surface area contributed by atoms with Gasteiger partial charge < -0.3 is 52.8 Å². The van der Waals surface area contributed by atoms with Gasteiger partial charge in [-0.2, -0.15) is 0 Å². The highest BCUT2D eigenvalue weighted by Gasteiger charge is 2.56. The smallest absolute Gasteiger partial charge is 0.340 e. The summed E-state index contributed by atoms with van der Waals surface area (Å²) in [5, 5.41) is 7.26. The first kappa shape index (κ1) is 47.4. The van der Waals surface area contributed by atoms with Crippen LogP contribution in [-0.2, 0) is 79.9 Å². The second kappa shape index (κ2) is 21.1. The first-order chi connectivity index (χ1) is 30.0. The van der Waals surface area contributed by atoms with Gasteiger partial charge in [0.2, 0.25) is 12.2 Å². The second-order valence-corrected chi connectivity index (χ2v) is 17.6. The van der Waals surface area contributed by atoms with Gasteiger partial charge in [-0.1, -0.05) is 96.2 Å². The van der Waals surface area contributed by atoms with Gasteiger partial charge in [0.05, 0.1) is 30.7 Å². The number of rotatable bonds is 14. The number of carbonyl (C=O) groups excluding carboxylic acids is 4. The van der Waals surface area contributed by atoms with Crippen LogP contribution in [-0.4, -0.2) is 98.0 Å². The molecular weight excluding hydrogens is 817 g/mol. The van der Waals surface area contributed by atoms with E-state index in [9.17, 15) is 19.2 Å². The van der Waals surface area contributed by atoms with Crippen LogP contribution < -0.4 is 5.32 Å². The molecule has 340 valence electrons. The van der Waals surface area contributed by atoms with E-state index >= 15 is 0 Å². The van der Waals surface area contributed by atoms with Crippen molar-refractivity contribution in [3.05, 3.63) is 108 Å². The standard InChI is InChI=1S/C47H58N2O14/c1-28(50)48-35-39(55-24-30-18-12-9-13-19-30)37(33(26-54-29(2)51)58-42(35)56-25-31-20-14-10-15-21-31)61-43-36(49-63-45(53)47(6,7)8)40(62-44(52)46(3,4)5)38-34(59-43)27-57-41(60-38)32-22-16-11-17-23-32/h9-23,33-35,37-43H,24-27H2,1-8H3,(H,48,50)/b49-36-/t33-,34-,35-,37-,38-,39-,40-,41?,42+,43?/m1/s1. The van der Waals surface area contributed by atoms with Crippen molar-refractivity contribution in [2.75, 3.05) is 13.2 Å². The Kier molecular flexibility index (Phi) is 15.9. The maximum atomic E-state index is 13.8. The summed E-state index contributed by atoms with van der Waals surface area (Å²) in [4.78, 5) is 58.0. The van der Waals surface area contributed by atoms with Crippen LogP contribution in [0.25, 0.3) is 0 Å². The molecule has 3 aliphatic heterocycles. The van der Waals surface area contributed by atoms with Gasteiger partial charge in [0.1, 0.15) is 43.2 Å². The number of esters is 2. The molecule has 1 N–H and O–H groups in total. The average Bonchev–Trinajstić information content (AvgIpc) is 3.25. The summed E-state index contributed by atoms with van der Waals surface area (Å²) in [7, 11) is 0. The topological polar surface area (TPSA) is 185 Å². The third-order valence-electron chi connectivity index (χ3n) is 10.2. The Morgan fingerprint density at radius 3 is 1.89 bits per heavy atom. The highest BCUT2D eigenvalue weighted by Crippen LogP contribution is 2.38. The Balaban J connectivity index is 1.44. The second-order valence-electron chi connectivity index (χ2n) is 17.6. The molecule has 3 heterocycles. The Morgan fingerprint density at radius 1 is 0.730 bits per heavy atom. The van der Waals surface area contributed by atoms with Crippen LogP contribution in [0.15, 0.2) is 96.2 Å². The average molecular weight is 875 g/mol. The van der Waals surface area contributed by atoms with E-state index in [1.54, 1.807) is 41.5 Å². The molecule has 16 heteroatoms. The zero-order valence-corrected chi connectivity index (χ0v) is 36.9. The predicted molar refractivity (Wildman–Crippen MR) is 225 cm³/mol. The molecule has 3 aliphatic rings. The summed E-state index contributed by atoms with van der Waals surface area (Å²) < 4.78 is 57.6. The van der Waals surface area contributed by atoms with Crippen molar-refractivity contribution in [3.63, 3.8) is 0 Å². The Morgan fingerprint density at radius 2 is 1.32 bits per heavy atom. The Bertz CT molecular complexity index is 2020. The number of carbonyl (C=O) groups is 4. The molecule has 3 aromatic carbocycles. The van der Waals surface area contributed by atoms with Crippen LogP contribution in [0.2, 0.25) is 0 Å².